The predicted molar refractivity (Wildman–Crippen MR) is 239 cm³/mol. The fraction of sp³-hybridized carbons (Fsp3) is 0.918. The van der Waals surface area contributed by atoms with Gasteiger partial charge in [-0.15, -0.1) is 0 Å². The van der Waals surface area contributed by atoms with Gasteiger partial charge in [0.25, 0.3) is 0 Å². The third-order valence-corrected chi connectivity index (χ3v) is 11.4. The molecular formula is C49H93NO8. The summed E-state index contributed by atoms with van der Waals surface area (Å²) in [5.41, 5.74) is -1.23. The second-order valence-electron chi connectivity index (χ2n) is 17.6. The van der Waals surface area contributed by atoms with Crippen LogP contribution in [0.3, 0.4) is 0 Å². The molecule has 0 aromatic rings. The molecule has 0 heterocycles. The van der Waals surface area contributed by atoms with Crippen molar-refractivity contribution in [3.8, 4) is 0 Å². The van der Waals surface area contributed by atoms with Crippen LogP contribution in [0.4, 0.5) is 0 Å². The van der Waals surface area contributed by atoms with Crippen LogP contribution >= 0.6 is 0 Å². The first kappa shape index (κ1) is 55.8. The number of rotatable bonds is 42. The van der Waals surface area contributed by atoms with E-state index in [0.717, 1.165) is 180 Å². The Kier molecular flexibility index (Phi) is 37.6. The Labute approximate surface area is 357 Å². The van der Waals surface area contributed by atoms with Crippen molar-refractivity contribution >= 4 is 23.9 Å². The van der Waals surface area contributed by atoms with Gasteiger partial charge in [0.05, 0.1) is 11.8 Å². The molecule has 0 amide bonds. The minimum atomic E-state index is -1.23. The Morgan fingerprint density at radius 2 is 0.690 bits per heavy atom. The molecule has 0 aliphatic heterocycles. The third-order valence-electron chi connectivity index (χ3n) is 11.4. The van der Waals surface area contributed by atoms with E-state index in [1.165, 1.54) is 0 Å². The monoisotopic (exact) mass is 824 g/mol. The zero-order valence-corrected chi connectivity index (χ0v) is 39.1. The molecule has 0 aromatic carbocycles. The first-order chi connectivity index (χ1) is 28.1. The Morgan fingerprint density at radius 1 is 0.397 bits per heavy atom. The lowest BCUT2D eigenvalue weighted by atomic mass is 9.90. The number of nitrogens with zero attached hydrogens (tertiary/aromatic N) is 1. The van der Waals surface area contributed by atoms with Gasteiger partial charge in [-0.25, -0.2) is 0 Å². The van der Waals surface area contributed by atoms with E-state index in [0.29, 0.717) is 6.42 Å². The summed E-state index contributed by atoms with van der Waals surface area (Å²) in [6.07, 6.45) is 28.4. The first-order valence-electron chi connectivity index (χ1n) is 24.4. The van der Waals surface area contributed by atoms with Crippen LogP contribution in [0.15, 0.2) is 0 Å². The summed E-state index contributed by atoms with van der Waals surface area (Å²) in [5, 5.41) is 0. The van der Waals surface area contributed by atoms with Gasteiger partial charge < -0.3 is 23.8 Å². The Morgan fingerprint density at radius 3 is 1.02 bits per heavy atom. The zero-order valence-electron chi connectivity index (χ0n) is 39.1. The lowest BCUT2D eigenvalue weighted by Gasteiger charge is -2.33. The summed E-state index contributed by atoms with van der Waals surface area (Å²) in [4.78, 5) is 56.3. The van der Waals surface area contributed by atoms with Crippen LogP contribution < -0.4 is 0 Å². The molecule has 0 unspecified atom stereocenters. The maximum absolute atomic E-state index is 13.9. The van der Waals surface area contributed by atoms with E-state index < -0.39 is 5.41 Å². The molecule has 0 bridgehead atoms. The first-order valence-corrected chi connectivity index (χ1v) is 24.4. The summed E-state index contributed by atoms with van der Waals surface area (Å²) in [6.45, 7) is 11.2. The molecule has 0 aliphatic carbocycles. The Bertz CT molecular complexity index is 933. The number of carbonyl (C=O) groups excluding carboxylic acids is 4. The van der Waals surface area contributed by atoms with Gasteiger partial charge in [0.1, 0.15) is 31.8 Å². The van der Waals surface area contributed by atoms with Crippen LogP contribution in [0.5, 0.6) is 0 Å². The van der Waals surface area contributed by atoms with Crippen molar-refractivity contribution in [3.05, 3.63) is 0 Å². The van der Waals surface area contributed by atoms with Gasteiger partial charge in [-0.2, -0.15) is 0 Å². The number of carbonyl (C=O) groups is 4. The fourth-order valence-corrected chi connectivity index (χ4v) is 7.32. The largest absolute Gasteiger partial charge is 0.465 e. The van der Waals surface area contributed by atoms with E-state index in [-0.39, 0.29) is 75.0 Å². The van der Waals surface area contributed by atoms with E-state index in [1.54, 1.807) is 0 Å². The van der Waals surface area contributed by atoms with Crippen molar-refractivity contribution in [1.29, 1.82) is 0 Å². The Balaban J connectivity index is 6.39. The molecule has 9 heteroatoms. The van der Waals surface area contributed by atoms with Crippen LogP contribution in [0.1, 0.15) is 227 Å². The smallest absolute Gasteiger partial charge is 0.308 e. The van der Waals surface area contributed by atoms with Gasteiger partial charge in [0.2, 0.25) is 0 Å². The molecule has 0 saturated heterocycles. The third kappa shape index (κ3) is 31.7. The summed E-state index contributed by atoms with van der Waals surface area (Å²) < 4.78 is 24.2. The van der Waals surface area contributed by atoms with E-state index in [1.807, 2.05) is 14.1 Å². The molecule has 0 rings (SSSR count). The summed E-state index contributed by atoms with van der Waals surface area (Å²) in [5.74, 6) is -1.73. The van der Waals surface area contributed by atoms with Gasteiger partial charge in [-0.3, -0.25) is 19.2 Å². The summed E-state index contributed by atoms with van der Waals surface area (Å²) in [6, 6.07) is 0. The molecule has 9 nitrogen and oxygen atoms in total. The highest BCUT2D eigenvalue weighted by atomic mass is 16.6. The highest BCUT2D eigenvalue weighted by Gasteiger charge is 2.39. The molecule has 0 saturated carbocycles. The van der Waals surface area contributed by atoms with Crippen molar-refractivity contribution in [1.82, 2.24) is 4.90 Å². The quantitative estimate of drug-likeness (QED) is 0.0338. The molecule has 342 valence electrons. The number of esters is 4. The minimum absolute atomic E-state index is 0.170. The standard InChI is InChI=1S/C49H93NO8/c1-8-13-18-23-29-36-45(51)55-39-49(40-56-46(52)37-30-24-31-38-50(6)7,41-57-47(53)43(32-25-19-14-9-2)33-26-20-15-10-3)42-58-48(54)44(34-27-21-16-11-4)35-28-22-17-12-5/h43-44H,8-42H2,1-7H3. The van der Waals surface area contributed by atoms with E-state index in [2.05, 4.69) is 39.5 Å². The molecule has 0 atom stereocenters. The van der Waals surface area contributed by atoms with Crippen LogP contribution in [-0.2, 0) is 38.1 Å². The maximum Gasteiger partial charge on any atom is 0.308 e. The van der Waals surface area contributed by atoms with Crippen molar-refractivity contribution in [2.45, 2.75) is 227 Å². The highest BCUT2D eigenvalue weighted by Crippen LogP contribution is 2.27. The molecule has 0 fully saturated rings. The van der Waals surface area contributed by atoms with Gasteiger partial charge in [0, 0.05) is 12.8 Å². The molecular weight excluding hydrogens is 731 g/mol. The van der Waals surface area contributed by atoms with Gasteiger partial charge >= 0.3 is 23.9 Å². The van der Waals surface area contributed by atoms with Crippen molar-refractivity contribution in [2.75, 3.05) is 47.1 Å². The van der Waals surface area contributed by atoms with E-state index >= 15 is 0 Å². The number of hydrogen-bond acceptors (Lipinski definition) is 9. The second-order valence-corrected chi connectivity index (χ2v) is 17.6. The number of unbranched alkanes of at least 4 members (excludes halogenated alkanes) is 18. The summed E-state index contributed by atoms with van der Waals surface area (Å²) in [7, 11) is 4.07. The summed E-state index contributed by atoms with van der Waals surface area (Å²) >= 11 is 0. The molecule has 0 N–H and O–H groups in total. The highest BCUT2D eigenvalue weighted by molar-refractivity contribution is 5.73. The zero-order chi connectivity index (χ0) is 43.1. The second kappa shape index (κ2) is 39.0. The van der Waals surface area contributed by atoms with Gasteiger partial charge in [-0.05, 0) is 65.6 Å². The minimum Gasteiger partial charge on any atom is -0.465 e. The lowest BCUT2D eigenvalue weighted by molar-refractivity contribution is -0.174. The van der Waals surface area contributed by atoms with E-state index in [4.69, 9.17) is 18.9 Å². The topological polar surface area (TPSA) is 108 Å². The van der Waals surface area contributed by atoms with E-state index in [9.17, 15) is 19.2 Å². The Hall–Kier alpha value is -2.16. The number of ether oxygens (including phenoxy) is 4. The lowest BCUT2D eigenvalue weighted by Crippen LogP contribution is -2.44. The van der Waals surface area contributed by atoms with Crippen LogP contribution in [0.25, 0.3) is 0 Å². The molecule has 0 radical (unpaired) electrons. The van der Waals surface area contributed by atoms with Crippen LogP contribution in [-0.4, -0.2) is 75.8 Å². The van der Waals surface area contributed by atoms with Crippen LogP contribution in [0, 0.1) is 17.3 Å². The average Bonchev–Trinajstić information content (AvgIpc) is 3.21. The molecule has 58 heavy (non-hydrogen) atoms. The normalized spacial score (nSPS) is 11.8. The van der Waals surface area contributed by atoms with Crippen LogP contribution in [0.2, 0.25) is 0 Å². The van der Waals surface area contributed by atoms with Crippen molar-refractivity contribution < 1.29 is 38.1 Å². The van der Waals surface area contributed by atoms with Crippen molar-refractivity contribution in [3.63, 3.8) is 0 Å². The average molecular weight is 824 g/mol. The maximum atomic E-state index is 13.9. The fourth-order valence-electron chi connectivity index (χ4n) is 7.32. The number of hydrogen-bond donors (Lipinski definition) is 0. The molecule has 0 aliphatic rings. The van der Waals surface area contributed by atoms with Gasteiger partial charge in [0.15, 0.2) is 0 Å². The molecule has 0 spiro atoms. The van der Waals surface area contributed by atoms with Crippen molar-refractivity contribution in [2.24, 2.45) is 17.3 Å². The predicted octanol–water partition coefficient (Wildman–Crippen LogP) is 12.7. The molecule has 0 aromatic heterocycles. The van der Waals surface area contributed by atoms with Gasteiger partial charge in [-0.1, -0.05) is 169 Å². The SMILES string of the molecule is CCCCCCCC(=O)OCC(COC(=O)CCCCCN(C)C)(COC(=O)C(CCCCCC)CCCCCC)COC(=O)C(CCCCCC)CCCCCC.